The van der Waals surface area contributed by atoms with E-state index in [2.05, 4.69) is 85.1 Å². The maximum Gasteiger partial charge on any atom is 0.168 e. The molecule has 0 saturated carbocycles. The number of hydrogen-bond acceptors (Lipinski definition) is 5. The summed E-state index contributed by atoms with van der Waals surface area (Å²) in [5.74, 6) is 1.00. The predicted octanol–water partition coefficient (Wildman–Crippen LogP) is 3.71. The van der Waals surface area contributed by atoms with Crippen molar-refractivity contribution in [1.29, 1.82) is 0 Å². The molecule has 0 aliphatic carbocycles. The molecule has 0 radical (unpaired) electrons. The Morgan fingerprint density at radius 1 is 1.07 bits per heavy atom. The molecule has 148 valence electrons. The van der Waals surface area contributed by atoms with Crippen molar-refractivity contribution in [1.82, 2.24) is 25.1 Å². The molecule has 1 aromatic carbocycles. The van der Waals surface area contributed by atoms with Crippen molar-refractivity contribution < 1.29 is 0 Å². The lowest BCUT2D eigenvalue weighted by molar-refractivity contribution is 0.156. The van der Waals surface area contributed by atoms with Gasteiger partial charge in [0.25, 0.3) is 0 Å². The number of hydrogen-bond donors (Lipinski definition) is 0. The number of piperazine rings is 1. The molecular weight excluding hydrogens is 336 g/mol. The van der Waals surface area contributed by atoms with E-state index in [0.29, 0.717) is 0 Å². The summed E-state index contributed by atoms with van der Waals surface area (Å²) in [6, 6.07) is 6.90. The van der Waals surface area contributed by atoms with E-state index in [1.807, 2.05) is 4.68 Å². The van der Waals surface area contributed by atoms with Crippen LogP contribution in [0.1, 0.15) is 63.5 Å². The van der Waals surface area contributed by atoms with Crippen LogP contribution in [0.2, 0.25) is 0 Å². The van der Waals surface area contributed by atoms with E-state index in [-0.39, 0.29) is 11.6 Å². The first-order chi connectivity index (χ1) is 12.8. The first kappa shape index (κ1) is 19.8. The van der Waals surface area contributed by atoms with E-state index in [9.17, 15) is 0 Å². The maximum atomic E-state index is 4.43. The van der Waals surface area contributed by atoms with Gasteiger partial charge in [-0.2, -0.15) is 0 Å². The van der Waals surface area contributed by atoms with Crippen LogP contribution in [0.4, 0.5) is 5.69 Å². The highest BCUT2D eigenvalue weighted by Crippen LogP contribution is 2.30. The normalized spacial score (nSPS) is 17.3. The second-order valence-corrected chi connectivity index (χ2v) is 8.67. The van der Waals surface area contributed by atoms with Gasteiger partial charge < -0.3 is 4.90 Å². The third-order valence-corrected chi connectivity index (χ3v) is 5.66. The van der Waals surface area contributed by atoms with Crippen molar-refractivity contribution in [2.24, 2.45) is 0 Å². The van der Waals surface area contributed by atoms with Crippen LogP contribution in [-0.2, 0) is 5.54 Å². The smallest absolute Gasteiger partial charge is 0.168 e. The van der Waals surface area contributed by atoms with Crippen molar-refractivity contribution in [3.63, 3.8) is 0 Å². The fourth-order valence-corrected chi connectivity index (χ4v) is 3.98. The van der Waals surface area contributed by atoms with Gasteiger partial charge in [-0.25, -0.2) is 4.68 Å². The van der Waals surface area contributed by atoms with Crippen molar-refractivity contribution in [3.8, 4) is 0 Å². The number of aromatic nitrogens is 4. The molecule has 1 aliphatic rings. The van der Waals surface area contributed by atoms with Crippen LogP contribution in [0.5, 0.6) is 0 Å². The summed E-state index contributed by atoms with van der Waals surface area (Å²) in [5.41, 5.74) is 4.03. The van der Waals surface area contributed by atoms with E-state index >= 15 is 0 Å². The van der Waals surface area contributed by atoms with Crippen LogP contribution < -0.4 is 4.90 Å². The van der Waals surface area contributed by atoms with Crippen LogP contribution in [0, 0.1) is 13.8 Å². The zero-order chi connectivity index (χ0) is 19.6. The van der Waals surface area contributed by atoms with E-state index < -0.39 is 0 Å². The molecular formula is C21H34N6. The summed E-state index contributed by atoms with van der Waals surface area (Å²) in [6.07, 6.45) is 2.21. The van der Waals surface area contributed by atoms with E-state index in [4.69, 9.17) is 0 Å². The van der Waals surface area contributed by atoms with Crippen molar-refractivity contribution in [3.05, 3.63) is 35.2 Å². The van der Waals surface area contributed by atoms with Crippen LogP contribution in [0.15, 0.2) is 18.2 Å². The largest absolute Gasteiger partial charge is 0.369 e. The quantitative estimate of drug-likeness (QED) is 0.803. The molecule has 1 fully saturated rings. The lowest BCUT2D eigenvalue weighted by Crippen LogP contribution is -2.48. The first-order valence-corrected chi connectivity index (χ1v) is 10.2. The van der Waals surface area contributed by atoms with Gasteiger partial charge in [0.05, 0.1) is 11.6 Å². The molecule has 6 heteroatoms. The monoisotopic (exact) mass is 370 g/mol. The Morgan fingerprint density at radius 2 is 1.78 bits per heavy atom. The number of aryl methyl sites for hydroxylation is 1. The third-order valence-electron chi connectivity index (χ3n) is 5.66. The second kappa shape index (κ2) is 7.97. The fraction of sp³-hybridized carbons (Fsp3) is 0.667. The Hall–Kier alpha value is -1.95. The molecule has 0 amide bonds. The van der Waals surface area contributed by atoms with Gasteiger partial charge in [0.2, 0.25) is 0 Å². The van der Waals surface area contributed by atoms with Crippen LogP contribution in [0.25, 0.3) is 0 Å². The summed E-state index contributed by atoms with van der Waals surface area (Å²) in [5, 5.41) is 12.7. The van der Waals surface area contributed by atoms with E-state index in [0.717, 1.165) is 44.8 Å². The van der Waals surface area contributed by atoms with Gasteiger partial charge >= 0.3 is 0 Å². The zero-order valence-electron chi connectivity index (χ0n) is 17.7. The minimum atomic E-state index is -0.106. The fourth-order valence-electron chi connectivity index (χ4n) is 3.98. The standard InChI is InChI=1S/C21H34N6/c1-7-9-19(20-22-23-24-27(20)21(4,5)6)26-14-12-25(13-15-26)18-11-8-10-16(2)17(18)3/h8,10-11,19H,7,9,12-15H2,1-6H3. The van der Waals surface area contributed by atoms with Gasteiger partial charge in [-0.3, -0.25) is 4.90 Å². The summed E-state index contributed by atoms with van der Waals surface area (Å²) >= 11 is 0. The molecule has 1 atom stereocenters. The predicted molar refractivity (Wildman–Crippen MR) is 110 cm³/mol. The highest BCUT2D eigenvalue weighted by atomic mass is 15.6. The molecule has 6 nitrogen and oxygen atoms in total. The second-order valence-electron chi connectivity index (χ2n) is 8.67. The molecule has 3 rings (SSSR count). The minimum absolute atomic E-state index is 0.106. The summed E-state index contributed by atoms with van der Waals surface area (Å²) < 4.78 is 2.00. The highest BCUT2D eigenvalue weighted by Gasteiger charge is 2.31. The molecule has 0 spiro atoms. The van der Waals surface area contributed by atoms with Gasteiger partial charge in [0, 0.05) is 31.9 Å². The number of rotatable bonds is 5. The van der Waals surface area contributed by atoms with Crippen molar-refractivity contribution in [2.45, 2.75) is 66.0 Å². The van der Waals surface area contributed by atoms with Gasteiger partial charge in [0.15, 0.2) is 5.82 Å². The lowest BCUT2D eigenvalue weighted by Gasteiger charge is -2.40. The van der Waals surface area contributed by atoms with E-state index in [1.54, 1.807) is 0 Å². The number of nitrogens with zero attached hydrogens (tertiary/aromatic N) is 6. The minimum Gasteiger partial charge on any atom is -0.369 e. The molecule has 27 heavy (non-hydrogen) atoms. The highest BCUT2D eigenvalue weighted by molar-refractivity contribution is 5.56. The van der Waals surface area contributed by atoms with Crippen molar-refractivity contribution >= 4 is 5.69 Å². The lowest BCUT2D eigenvalue weighted by atomic mass is 10.0. The van der Waals surface area contributed by atoms with Crippen LogP contribution in [0.3, 0.4) is 0 Å². The topological polar surface area (TPSA) is 50.1 Å². The van der Waals surface area contributed by atoms with Gasteiger partial charge in [-0.15, -0.1) is 5.10 Å². The zero-order valence-corrected chi connectivity index (χ0v) is 17.7. The van der Waals surface area contributed by atoms with Gasteiger partial charge in [-0.1, -0.05) is 25.5 Å². The average molecular weight is 371 g/mol. The molecule has 1 aliphatic heterocycles. The molecule has 2 aromatic rings. The molecule has 2 heterocycles. The summed E-state index contributed by atoms with van der Waals surface area (Å²) in [4.78, 5) is 5.09. The summed E-state index contributed by atoms with van der Waals surface area (Å²) in [7, 11) is 0. The Kier molecular flexibility index (Phi) is 5.84. The molecule has 0 N–H and O–H groups in total. The molecule has 0 bridgehead atoms. The summed E-state index contributed by atoms with van der Waals surface area (Å²) in [6.45, 7) is 17.3. The van der Waals surface area contributed by atoms with Gasteiger partial charge in [0.1, 0.15) is 0 Å². The maximum absolute atomic E-state index is 4.43. The van der Waals surface area contributed by atoms with Crippen LogP contribution in [-0.4, -0.2) is 51.3 Å². The molecule has 1 unspecified atom stereocenters. The van der Waals surface area contributed by atoms with E-state index in [1.165, 1.54) is 16.8 Å². The first-order valence-electron chi connectivity index (χ1n) is 10.2. The van der Waals surface area contributed by atoms with Gasteiger partial charge in [-0.05, 0) is 68.7 Å². The number of tetrazole rings is 1. The van der Waals surface area contributed by atoms with Crippen LogP contribution >= 0.6 is 0 Å². The Morgan fingerprint density at radius 3 is 2.41 bits per heavy atom. The Bertz CT molecular complexity index is 752. The molecule has 1 saturated heterocycles. The number of anilines is 1. The Labute approximate surface area is 163 Å². The SMILES string of the molecule is CCCC(c1nnnn1C(C)(C)C)N1CCN(c2cccc(C)c2C)CC1. The number of benzene rings is 1. The molecule has 1 aromatic heterocycles. The Balaban J connectivity index is 1.77. The average Bonchev–Trinajstić information content (AvgIpc) is 3.12. The third kappa shape index (κ3) is 4.15. The van der Waals surface area contributed by atoms with Crippen molar-refractivity contribution in [2.75, 3.05) is 31.1 Å².